The van der Waals surface area contributed by atoms with Crippen molar-refractivity contribution in [3.63, 3.8) is 0 Å². The molecule has 44 heavy (non-hydrogen) atoms. The molecule has 5 rings (SSSR count). The number of hydrogen-bond acceptors (Lipinski definition) is 1. The molecule has 1 aliphatic carbocycles. The topological polar surface area (TPSA) is 9.23 Å². The van der Waals surface area contributed by atoms with Crippen LogP contribution in [0, 0.1) is 6.92 Å². The van der Waals surface area contributed by atoms with Gasteiger partial charge in [0.25, 0.3) is 0 Å². The third kappa shape index (κ3) is 6.38. The molecule has 0 fully saturated rings. The molecule has 0 aromatic heterocycles. The molecule has 0 saturated heterocycles. The summed E-state index contributed by atoms with van der Waals surface area (Å²) in [6.07, 6.45) is 1.88. The molecule has 0 amide bonds. The zero-order valence-electron chi connectivity index (χ0n) is 28.8. The van der Waals surface area contributed by atoms with Crippen molar-refractivity contribution in [2.45, 2.75) is 96.9 Å². The fraction of sp³-hybridized carbons (Fsp3) is 0.381. The van der Waals surface area contributed by atoms with Crippen LogP contribution in [0.25, 0.3) is 11.1 Å². The van der Waals surface area contributed by atoms with Gasteiger partial charge in [-0.05, 0) is 67.7 Å². The minimum absolute atomic E-state index is 0.0551. The SMILES string of the molecule is C=CCOc1c(C([SiH2]c2ccccc2)C2c3cc(C(C)(C)C)ccc3-c3ccc(C(C)(C)C)cc32)cc(C)cc1C(C)(C)C. The third-order valence-corrected chi connectivity index (χ3v) is 11.6. The molecule has 4 aromatic carbocycles. The molecule has 2 heteroatoms. The molecule has 0 spiro atoms. The standard InChI is InChI=1S/C42H52OSi/c1-12-22-43-38-35(23-27(2)24-36(38)42(9,10)11)39(44-30-16-14-13-15-17-30)37-33-25-28(40(3,4)5)18-20-31(33)32-21-19-29(26-34(32)37)41(6,7)8/h12-21,23-26,37,39H,1,22,44H2,2-11H3. The molecular weight excluding hydrogens is 549 g/mol. The van der Waals surface area contributed by atoms with E-state index in [0.29, 0.717) is 12.1 Å². The molecule has 1 atom stereocenters. The lowest BCUT2D eigenvalue weighted by molar-refractivity contribution is 0.345. The Balaban J connectivity index is 1.86. The summed E-state index contributed by atoms with van der Waals surface area (Å²) < 4.78 is 6.71. The van der Waals surface area contributed by atoms with Crippen molar-refractivity contribution < 1.29 is 4.74 Å². The molecule has 0 radical (unpaired) electrons. The molecule has 230 valence electrons. The summed E-state index contributed by atoms with van der Waals surface area (Å²) in [4.78, 5) is 0. The van der Waals surface area contributed by atoms with E-state index in [-0.39, 0.29) is 22.2 Å². The summed E-state index contributed by atoms with van der Waals surface area (Å²) in [6, 6.07) is 30.6. The van der Waals surface area contributed by atoms with Gasteiger partial charge in [-0.15, -0.1) is 0 Å². The summed E-state index contributed by atoms with van der Waals surface area (Å²) in [7, 11) is -0.823. The lowest BCUT2D eigenvalue weighted by atomic mass is 9.79. The average molecular weight is 601 g/mol. The summed E-state index contributed by atoms with van der Waals surface area (Å²) in [6.45, 7) is 27.7. The highest BCUT2D eigenvalue weighted by Gasteiger charge is 2.39. The quantitative estimate of drug-likeness (QED) is 0.152. The summed E-state index contributed by atoms with van der Waals surface area (Å²) >= 11 is 0. The Kier molecular flexibility index (Phi) is 8.64. The first-order valence-electron chi connectivity index (χ1n) is 16.3. The second kappa shape index (κ2) is 11.9. The van der Waals surface area contributed by atoms with E-state index in [1.165, 1.54) is 55.3 Å². The second-order valence-corrected chi connectivity index (χ2v) is 18.1. The van der Waals surface area contributed by atoms with Crippen molar-refractivity contribution in [2.75, 3.05) is 6.61 Å². The molecule has 1 nitrogen and oxygen atoms in total. The number of hydrogen-bond donors (Lipinski definition) is 0. The average Bonchev–Trinajstić information content (AvgIpc) is 3.27. The number of aryl methyl sites for hydroxylation is 1. The first kappa shape index (κ1) is 32.0. The van der Waals surface area contributed by atoms with Gasteiger partial charge in [-0.2, -0.15) is 0 Å². The van der Waals surface area contributed by atoms with Gasteiger partial charge < -0.3 is 4.74 Å². The van der Waals surface area contributed by atoms with Crippen molar-refractivity contribution in [3.8, 4) is 16.9 Å². The van der Waals surface area contributed by atoms with E-state index >= 15 is 0 Å². The van der Waals surface area contributed by atoms with E-state index in [1.807, 2.05) is 6.08 Å². The van der Waals surface area contributed by atoms with E-state index < -0.39 is 9.52 Å². The Hall–Kier alpha value is -3.36. The fourth-order valence-electron chi connectivity index (χ4n) is 6.88. The summed E-state index contributed by atoms with van der Waals surface area (Å²) in [5.74, 6) is 1.31. The predicted octanol–water partition coefficient (Wildman–Crippen LogP) is 9.80. The Morgan fingerprint density at radius 2 is 1.27 bits per heavy atom. The van der Waals surface area contributed by atoms with Gasteiger partial charge in [0.15, 0.2) is 0 Å². The summed E-state index contributed by atoms with van der Waals surface area (Å²) in [5, 5.41) is 1.49. The van der Waals surface area contributed by atoms with Gasteiger partial charge in [-0.1, -0.05) is 165 Å². The van der Waals surface area contributed by atoms with E-state index in [0.717, 1.165) is 5.75 Å². The summed E-state index contributed by atoms with van der Waals surface area (Å²) in [5.41, 5.74) is 12.9. The molecule has 0 aliphatic heterocycles. The van der Waals surface area contributed by atoms with Crippen LogP contribution in [0.5, 0.6) is 5.75 Å². The molecule has 1 unspecified atom stereocenters. The van der Waals surface area contributed by atoms with Gasteiger partial charge in [0.2, 0.25) is 0 Å². The smallest absolute Gasteiger partial charge is 0.126 e. The van der Waals surface area contributed by atoms with E-state index in [1.54, 1.807) is 0 Å². The predicted molar refractivity (Wildman–Crippen MR) is 194 cm³/mol. The van der Waals surface area contributed by atoms with Crippen LogP contribution < -0.4 is 9.92 Å². The van der Waals surface area contributed by atoms with Crippen LogP contribution in [0.1, 0.15) is 113 Å². The van der Waals surface area contributed by atoms with E-state index in [9.17, 15) is 0 Å². The lowest BCUT2D eigenvalue weighted by Crippen LogP contribution is -2.28. The highest BCUT2D eigenvalue weighted by Crippen LogP contribution is 2.54. The van der Waals surface area contributed by atoms with Crippen molar-refractivity contribution in [1.82, 2.24) is 0 Å². The van der Waals surface area contributed by atoms with Gasteiger partial charge in [-0.3, -0.25) is 0 Å². The molecule has 0 saturated carbocycles. The van der Waals surface area contributed by atoms with Crippen LogP contribution in [0.2, 0.25) is 0 Å². The monoisotopic (exact) mass is 600 g/mol. The highest BCUT2D eigenvalue weighted by molar-refractivity contribution is 6.55. The molecule has 0 bridgehead atoms. The van der Waals surface area contributed by atoms with Crippen LogP contribution in [-0.4, -0.2) is 16.1 Å². The number of ether oxygens (including phenoxy) is 1. The normalized spacial score (nSPS) is 14.5. The minimum Gasteiger partial charge on any atom is -0.489 e. The Labute approximate surface area is 269 Å². The van der Waals surface area contributed by atoms with Crippen molar-refractivity contribution in [3.05, 3.63) is 130 Å². The van der Waals surface area contributed by atoms with Crippen LogP contribution in [0.3, 0.4) is 0 Å². The molecule has 1 aliphatic rings. The Morgan fingerprint density at radius 3 is 1.75 bits per heavy atom. The first-order valence-corrected chi connectivity index (χ1v) is 17.8. The Bertz CT molecular complexity index is 1590. The second-order valence-electron chi connectivity index (χ2n) is 16.0. The van der Waals surface area contributed by atoms with Gasteiger partial charge >= 0.3 is 0 Å². The van der Waals surface area contributed by atoms with Crippen LogP contribution in [0.4, 0.5) is 0 Å². The van der Waals surface area contributed by atoms with Gasteiger partial charge in [0.05, 0.1) is 9.52 Å². The number of benzene rings is 4. The lowest BCUT2D eigenvalue weighted by Gasteiger charge is -2.33. The van der Waals surface area contributed by atoms with Crippen molar-refractivity contribution >= 4 is 14.7 Å². The zero-order valence-corrected chi connectivity index (χ0v) is 30.2. The van der Waals surface area contributed by atoms with E-state index in [2.05, 4.69) is 155 Å². The largest absolute Gasteiger partial charge is 0.489 e. The highest BCUT2D eigenvalue weighted by atomic mass is 28.2. The maximum absolute atomic E-state index is 6.71. The van der Waals surface area contributed by atoms with Crippen molar-refractivity contribution in [2.24, 2.45) is 0 Å². The fourth-order valence-corrected chi connectivity index (χ4v) is 9.20. The van der Waals surface area contributed by atoms with Gasteiger partial charge in [-0.25, -0.2) is 0 Å². The molecular formula is C42H52OSi. The maximum atomic E-state index is 6.71. The van der Waals surface area contributed by atoms with Crippen LogP contribution in [-0.2, 0) is 16.2 Å². The minimum atomic E-state index is -0.823. The van der Waals surface area contributed by atoms with Crippen LogP contribution >= 0.6 is 0 Å². The molecule has 0 heterocycles. The maximum Gasteiger partial charge on any atom is 0.126 e. The van der Waals surface area contributed by atoms with Gasteiger partial charge in [0, 0.05) is 11.5 Å². The van der Waals surface area contributed by atoms with Crippen molar-refractivity contribution in [1.29, 1.82) is 0 Å². The Morgan fingerprint density at radius 1 is 0.727 bits per heavy atom. The first-order chi connectivity index (χ1) is 20.6. The third-order valence-electron chi connectivity index (χ3n) is 9.31. The molecule has 4 aromatic rings. The molecule has 0 N–H and O–H groups in total. The number of fused-ring (bicyclic) bond motifs is 3. The number of rotatable bonds is 7. The van der Waals surface area contributed by atoms with Gasteiger partial charge in [0.1, 0.15) is 12.4 Å². The van der Waals surface area contributed by atoms with Crippen LogP contribution in [0.15, 0.2) is 91.5 Å². The zero-order chi connectivity index (χ0) is 32.0. The van der Waals surface area contributed by atoms with E-state index in [4.69, 9.17) is 4.74 Å².